The van der Waals surface area contributed by atoms with Crippen LogP contribution in [0.5, 0.6) is 0 Å². The van der Waals surface area contributed by atoms with Crippen molar-refractivity contribution in [3.05, 3.63) is 10.3 Å². The van der Waals surface area contributed by atoms with E-state index in [0.29, 0.717) is 0 Å². The second-order valence-electron chi connectivity index (χ2n) is 4.19. The Hall–Kier alpha value is -0.380. The number of nitrogens with zero attached hydrogens (tertiary/aromatic N) is 3. The Morgan fingerprint density at radius 3 is 2.33 bits per heavy atom. The minimum Gasteiger partial charge on any atom is -0.241 e. The minimum atomic E-state index is 0.262. The molecule has 1 heterocycles. The lowest BCUT2D eigenvalue weighted by molar-refractivity contribution is 0.405. The Bertz CT molecular complexity index is 272. The van der Waals surface area contributed by atoms with Crippen molar-refractivity contribution in [1.29, 1.82) is 0 Å². The van der Waals surface area contributed by atoms with Crippen LogP contribution in [0.15, 0.2) is 4.60 Å². The lowest BCUT2D eigenvalue weighted by Crippen LogP contribution is -2.09. The Balaban J connectivity index is 2.83. The fraction of sp³-hybridized carbons (Fsp3) is 0.750. The molecule has 12 heavy (non-hydrogen) atoms. The van der Waals surface area contributed by atoms with Crippen molar-refractivity contribution in [1.82, 2.24) is 15.0 Å². The zero-order valence-corrected chi connectivity index (χ0v) is 9.51. The molecule has 1 aromatic heterocycles. The highest BCUT2D eigenvalue weighted by molar-refractivity contribution is 9.10. The first-order chi connectivity index (χ1) is 5.40. The Labute approximate surface area is 81.3 Å². The van der Waals surface area contributed by atoms with Crippen LogP contribution < -0.4 is 0 Å². The van der Waals surface area contributed by atoms with Gasteiger partial charge in [0.1, 0.15) is 4.60 Å². The highest BCUT2D eigenvalue weighted by Crippen LogP contribution is 2.23. The third kappa shape index (κ3) is 2.30. The van der Waals surface area contributed by atoms with Gasteiger partial charge in [-0.1, -0.05) is 26.0 Å². The Morgan fingerprint density at radius 1 is 1.42 bits per heavy atom. The average molecular weight is 232 g/mol. The van der Waals surface area contributed by atoms with Crippen LogP contribution in [0.25, 0.3) is 0 Å². The van der Waals surface area contributed by atoms with Crippen molar-refractivity contribution < 1.29 is 0 Å². The lowest BCUT2D eigenvalue weighted by atomic mass is 9.91. The molecule has 1 rings (SSSR count). The van der Waals surface area contributed by atoms with Crippen LogP contribution in [0.2, 0.25) is 0 Å². The average Bonchev–Trinajstić information content (AvgIpc) is 2.16. The maximum absolute atomic E-state index is 4.07. The normalized spacial score (nSPS) is 12.1. The van der Waals surface area contributed by atoms with Gasteiger partial charge in [0.2, 0.25) is 0 Å². The predicted octanol–water partition coefficient (Wildman–Crippen LogP) is 2.17. The molecule has 0 spiro atoms. The van der Waals surface area contributed by atoms with Gasteiger partial charge in [-0.2, -0.15) is 0 Å². The summed E-state index contributed by atoms with van der Waals surface area (Å²) in [6, 6.07) is 0. The maximum Gasteiger partial charge on any atom is 0.127 e. The summed E-state index contributed by atoms with van der Waals surface area (Å²) in [5.41, 5.74) is 1.29. The number of aryl methyl sites for hydroxylation is 1. The lowest BCUT2D eigenvalue weighted by Gasteiger charge is -2.15. The van der Waals surface area contributed by atoms with Gasteiger partial charge >= 0.3 is 0 Å². The first-order valence-electron chi connectivity index (χ1n) is 3.94. The van der Waals surface area contributed by atoms with E-state index in [4.69, 9.17) is 0 Å². The van der Waals surface area contributed by atoms with Crippen molar-refractivity contribution >= 4 is 15.9 Å². The molecule has 0 aliphatic carbocycles. The summed E-state index contributed by atoms with van der Waals surface area (Å²) in [6.07, 6.45) is 0.946. The quantitative estimate of drug-likeness (QED) is 0.742. The molecule has 0 saturated carbocycles. The van der Waals surface area contributed by atoms with Gasteiger partial charge in [-0.25, -0.2) is 4.68 Å². The molecule has 0 saturated heterocycles. The fourth-order valence-corrected chi connectivity index (χ4v) is 1.29. The van der Waals surface area contributed by atoms with Crippen LogP contribution in [0.4, 0.5) is 0 Å². The zero-order chi connectivity index (χ0) is 9.35. The van der Waals surface area contributed by atoms with Crippen LogP contribution in [0.1, 0.15) is 26.5 Å². The van der Waals surface area contributed by atoms with E-state index in [1.165, 1.54) is 0 Å². The first kappa shape index (κ1) is 9.71. The van der Waals surface area contributed by atoms with Gasteiger partial charge in [-0.15, -0.1) is 5.10 Å². The van der Waals surface area contributed by atoms with Crippen LogP contribution in [-0.2, 0) is 13.5 Å². The van der Waals surface area contributed by atoms with Gasteiger partial charge < -0.3 is 0 Å². The minimum absolute atomic E-state index is 0.262. The topological polar surface area (TPSA) is 30.7 Å². The van der Waals surface area contributed by atoms with Crippen molar-refractivity contribution in [2.24, 2.45) is 12.5 Å². The molecular formula is C8H14BrN3. The van der Waals surface area contributed by atoms with Crippen molar-refractivity contribution in [2.75, 3.05) is 0 Å². The van der Waals surface area contributed by atoms with E-state index in [-0.39, 0.29) is 5.41 Å². The van der Waals surface area contributed by atoms with E-state index < -0.39 is 0 Å². The van der Waals surface area contributed by atoms with Gasteiger partial charge in [0.25, 0.3) is 0 Å². The van der Waals surface area contributed by atoms with Crippen LogP contribution in [0.3, 0.4) is 0 Å². The summed E-state index contributed by atoms with van der Waals surface area (Å²) in [5.74, 6) is 0. The number of halogens is 1. The SMILES string of the molecule is Cn1nnc(CC(C)(C)C)c1Br. The second kappa shape index (κ2) is 3.17. The van der Waals surface area contributed by atoms with Gasteiger partial charge in [-0.05, 0) is 27.8 Å². The molecule has 0 fully saturated rings. The maximum atomic E-state index is 4.07. The van der Waals surface area contributed by atoms with E-state index >= 15 is 0 Å². The largest absolute Gasteiger partial charge is 0.241 e. The molecule has 0 aromatic carbocycles. The van der Waals surface area contributed by atoms with Gasteiger partial charge in [0.15, 0.2) is 0 Å². The van der Waals surface area contributed by atoms with Crippen LogP contribution in [-0.4, -0.2) is 15.0 Å². The molecule has 0 aliphatic heterocycles. The van der Waals surface area contributed by atoms with Gasteiger partial charge in [-0.3, -0.25) is 0 Å². The molecule has 0 N–H and O–H groups in total. The smallest absolute Gasteiger partial charge is 0.127 e. The Kier molecular flexibility index (Phi) is 2.56. The van der Waals surface area contributed by atoms with Gasteiger partial charge in [0, 0.05) is 7.05 Å². The number of hydrogen-bond donors (Lipinski definition) is 0. The molecule has 3 nitrogen and oxygen atoms in total. The van der Waals surface area contributed by atoms with E-state index in [1.54, 1.807) is 4.68 Å². The molecule has 1 aromatic rings. The summed E-state index contributed by atoms with van der Waals surface area (Å²) < 4.78 is 2.72. The third-order valence-corrected chi connectivity index (χ3v) is 2.49. The van der Waals surface area contributed by atoms with Crippen LogP contribution >= 0.6 is 15.9 Å². The predicted molar refractivity (Wildman–Crippen MR) is 51.9 cm³/mol. The van der Waals surface area contributed by atoms with E-state index in [9.17, 15) is 0 Å². The summed E-state index contributed by atoms with van der Waals surface area (Å²) in [6.45, 7) is 6.57. The Morgan fingerprint density at radius 2 is 2.00 bits per heavy atom. The van der Waals surface area contributed by atoms with Crippen molar-refractivity contribution in [3.8, 4) is 0 Å². The monoisotopic (exact) mass is 231 g/mol. The van der Waals surface area contributed by atoms with E-state index in [1.807, 2.05) is 7.05 Å². The molecule has 0 unspecified atom stereocenters. The highest BCUT2D eigenvalue weighted by Gasteiger charge is 2.16. The summed E-state index contributed by atoms with van der Waals surface area (Å²) in [5, 5.41) is 7.99. The molecule has 0 atom stereocenters. The fourth-order valence-electron chi connectivity index (χ4n) is 0.999. The molecule has 0 aliphatic rings. The number of hydrogen-bond acceptors (Lipinski definition) is 2. The summed E-state index contributed by atoms with van der Waals surface area (Å²) in [4.78, 5) is 0. The molecule has 0 radical (unpaired) electrons. The van der Waals surface area contributed by atoms with E-state index in [0.717, 1.165) is 16.7 Å². The second-order valence-corrected chi connectivity index (χ2v) is 4.94. The molecule has 4 heteroatoms. The molecule has 0 bridgehead atoms. The summed E-state index contributed by atoms with van der Waals surface area (Å²) in [7, 11) is 1.88. The summed E-state index contributed by atoms with van der Waals surface area (Å²) >= 11 is 3.44. The van der Waals surface area contributed by atoms with Gasteiger partial charge in [0.05, 0.1) is 5.69 Å². The number of rotatable bonds is 1. The van der Waals surface area contributed by atoms with Crippen molar-refractivity contribution in [2.45, 2.75) is 27.2 Å². The third-order valence-electron chi connectivity index (χ3n) is 1.52. The number of aromatic nitrogens is 3. The molecule has 68 valence electrons. The van der Waals surface area contributed by atoms with E-state index in [2.05, 4.69) is 47.0 Å². The molecular weight excluding hydrogens is 218 g/mol. The van der Waals surface area contributed by atoms with Crippen LogP contribution in [0, 0.1) is 5.41 Å². The van der Waals surface area contributed by atoms with Crippen molar-refractivity contribution in [3.63, 3.8) is 0 Å². The highest BCUT2D eigenvalue weighted by atomic mass is 79.9. The molecule has 0 amide bonds. The zero-order valence-electron chi connectivity index (χ0n) is 7.93. The standard InChI is InChI=1S/C8H14BrN3/c1-8(2,3)5-6-7(9)12(4)11-10-6/h5H2,1-4H3. The first-order valence-corrected chi connectivity index (χ1v) is 4.73.